The van der Waals surface area contributed by atoms with Gasteiger partial charge in [-0.15, -0.1) is 12.8 Å². The Hall–Kier alpha value is -2.73. The number of allylic oxidation sites excluding steroid dienone is 1. The van der Waals surface area contributed by atoms with Gasteiger partial charge < -0.3 is 19.9 Å². The molecule has 27 heavy (non-hydrogen) atoms. The van der Waals surface area contributed by atoms with Crippen molar-refractivity contribution in [3.8, 4) is 24.7 Å². The van der Waals surface area contributed by atoms with Gasteiger partial charge in [-0.3, -0.25) is 4.79 Å². The van der Waals surface area contributed by atoms with E-state index in [1.54, 1.807) is 6.08 Å². The minimum Gasteiger partial charge on any atom is -0.459 e. The average molecular weight is 367 g/mol. The van der Waals surface area contributed by atoms with Gasteiger partial charge in [0, 0.05) is 30.6 Å². The Kier molecular flexibility index (Phi) is 7.95. The maximum Gasteiger partial charge on any atom is 0.286 e. The molecule has 0 aliphatic carbocycles. The molecule has 142 valence electrons. The van der Waals surface area contributed by atoms with Crippen molar-refractivity contribution in [1.82, 2.24) is 5.32 Å². The van der Waals surface area contributed by atoms with Gasteiger partial charge in [0.25, 0.3) is 5.91 Å². The highest BCUT2D eigenvalue weighted by molar-refractivity contribution is 5.91. The molecule has 1 aromatic rings. The third-order valence-electron chi connectivity index (χ3n) is 4.45. The van der Waals surface area contributed by atoms with E-state index in [-0.39, 0.29) is 36.7 Å². The van der Waals surface area contributed by atoms with Crippen molar-refractivity contribution in [2.24, 2.45) is 5.92 Å². The molecule has 5 nitrogen and oxygen atoms in total. The van der Waals surface area contributed by atoms with Crippen molar-refractivity contribution >= 4 is 5.91 Å². The summed E-state index contributed by atoms with van der Waals surface area (Å²) >= 11 is 0. The molecule has 1 aromatic carbocycles. The van der Waals surface area contributed by atoms with Crippen LogP contribution in [-0.4, -0.2) is 37.1 Å². The number of aliphatic hydroxyl groups is 1. The lowest BCUT2D eigenvalue weighted by Crippen LogP contribution is -2.39. The molecule has 3 atom stereocenters. The number of aliphatic hydroxyl groups excluding tert-OH is 1. The second kappa shape index (κ2) is 10.4. The number of terminal acetylenes is 2. The van der Waals surface area contributed by atoms with Crippen molar-refractivity contribution in [3.63, 3.8) is 0 Å². The summed E-state index contributed by atoms with van der Waals surface area (Å²) in [6, 6.07) is 7.65. The second-order valence-corrected chi connectivity index (χ2v) is 6.18. The molecule has 0 aromatic heterocycles. The van der Waals surface area contributed by atoms with Crippen molar-refractivity contribution in [2.75, 3.05) is 19.8 Å². The molecule has 1 heterocycles. The minimum absolute atomic E-state index is 0.0435. The molecule has 0 bridgehead atoms. The highest BCUT2D eigenvalue weighted by atomic mass is 16.7. The molecule has 0 saturated carbocycles. The fraction of sp³-hybridized carbons (Fsp3) is 0.409. The van der Waals surface area contributed by atoms with Gasteiger partial charge in [-0.25, -0.2) is 0 Å². The standard InChI is InChI=1S/C22H25NO4/c1-4-13-23-21(25)20-15-19(17-11-9-16(5-2)10-12-17)18(8-7-14-24)22(27-20)26-6-3/h1-2,9-12,15,18-19,22,24H,6-8,13-14H2,3H3,(H,23,25)/t18-,19-,22-/m0/s1. The smallest absolute Gasteiger partial charge is 0.286 e. The van der Waals surface area contributed by atoms with E-state index < -0.39 is 6.29 Å². The van der Waals surface area contributed by atoms with Crippen LogP contribution in [-0.2, 0) is 14.3 Å². The van der Waals surface area contributed by atoms with E-state index >= 15 is 0 Å². The topological polar surface area (TPSA) is 67.8 Å². The maximum absolute atomic E-state index is 12.4. The van der Waals surface area contributed by atoms with Crippen LogP contribution in [0.1, 0.15) is 36.8 Å². The van der Waals surface area contributed by atoms with Gasteiger partial charge in [0.2, 0.25) is 6.29 Å². The lowest BCUT2D eigenvalue weighted by Gasteiger charge is -2.37. The molecule has 0 fully saturated rings. The van der Waals surface area contributed by atoms with Gasteiger partial charge in [-0.1, -0.05) is 24.0 Å². The third kappa shape index (κ3) is 5.37. The first kappa shape index (κ1) is 20.6. The van der Waals surface area contributed by atoms with Gasteiger partial charge in [0.1, 0.15) is 0 Å². The fourth-order valence-electron chi connectivity index (χ4n) is 3.16. The number of hydrogen-bond donors (Lipinski definition) is 2. The number of ether oxygens (including phenoxy) is 2. The number of carbonyl (C=O) groups is 1. The summed E-state index contributed by atoms with van der Waals surface area (Å²) in [6.07, 6.45) is 13.2. The van der Waals surface area contributed by atoms with Gasteiger partial charge in [0.15, 0.2) is 5.76 Å². The summed E-state index contributed by atoms with van der Waals surface area (Å²) in [4.78, 5) is 12.4. The molecule has 0 radical (unpaired) electrons. The number of nitrogens with one attached hydrogen (secondary N) is 1. The van der Waals surface area contributed by atoms with E-state index in [0.29, 0.717) is 19.4 Å². The number of rotatable bonds is 8. The molecule has 5 heteroatoms. The first-order valence-corrected chi connectivity index (χ1v) is 9.03. The quantitative estimate of drug-likeness (QED) is 0.691. The number of benzene rings is 1. The van der Waals surface area contributed by atoms with Crippen LogP contribution >= 0.6 is 0 Å². The molecular formula is C22H25NO4. The van der Waals surface area contributed by atoms with Crippen LogP contribution in [0.15, 0.2) is 36.1 Å². The van der Waals surface area contributed by atoms with Crippen LogP contribution in [0, 0.1) is 30.6 Å². The first-order chi connectivity index (χ1) is 13.1. The van der Waals surface area contributed by atoms with Crippen LogP contribution in [0.3, 0.4) is 0 Å². The Bertz CT molecular complexity index is 739. The predicted octanol–water partition coefficient (Wildman–Crippen LogP) is 2.17. The lowest BCUT2D eigenvalue weighted by atomic mass is 9.80. The summed E-state index contributed by atoms with van der Waals surface area (Å²) in [6.45, 7) is 2.52. The van der Waals surface area contributed by atoms with E-state index in [1.165, 1.54) is 0 Å². The summed E-state index contributed by atoms with van der Waals surface area (Å²) in [5.41, 5.74) is 1.79. The van der Waals surface area contributed by atoms with Gasteiger partial charge >= 0.3 is 0 Å². The largest absolute Gasteiger partial charge is 0.459 e. The SMILES string of the molecule is C#CCNC(=O)C1=C[C@@H](c2ccc(C#C)cc2)[C@H](CCCO)[C@@H](OCC)O1. The molecule has 0 saturated heterocycles. The van der Waals surface area contributed by atoms with Crippen molar-refractivity contribution in [1.29, 1.82) is 0 Å². The number of amides is 1. The Balaban J connectivity index is 2.39. The zero-order valence-corrected chi connectivity index (χ0v) is 15.5. The molecule has 2 rings (SSSR count). The Morgan fingerprint density at radius 3 is 2.67 bits per heavy atom. The Morgan fingerprint density at radius 1 is 1.33 bits per heavy atom. The van der Waals surface area contributed by atoms with Crippen molar-refractivity contribution in [3.05, 3.63) is 47.2 Å². The van der Waals surface area contributed by atoms with E-state index in [1.807, 2.05) is 31.2 Å². The second-order valence-electron chi connectivity index (χ2n) is 6.18. The van der Waals surface area contributed by atoms with Crippen LogP contribution in [0.5, 0.6) is 0 Å². The summed E-state index contributed by atoms with van der Waals surface area (Å²) in [5, 5.41) is 11.9. The minimum atomic E-state index is -0.588. The monoisotopic (exact) mass is 367 g/mol. The molecule has 1 aliphatic heterocycles. The molecule has 0 spiro atoms. The van der Waals surface area contributed by atoms with E-state index in [0.717, 1.165) is 11.1 Å². The molecule has 2 N–H and O–H groups in total. The summed E-state index contributed by atoms with van der Waals surface area (Å²) in [7, 11) is 0. The number of carbonyl (C=O) groups excluding carboxylic acids is 1. The third-order valence-corrected chi connectivity index (χ3v) is 4.45. The average Bonchev–Trinajstić information content (AvgIpc) is 2.70. The van der Waals surface area contributed by atoms with Crippen molar-refractivity contribution in [2.45, 2.75) is 32.0 Å². The highest BCUT2D eigenvalue weighted by Gasteiger charge is 2.37. The van der Waals surface area contributed by atoms with Crippen LogP contribution in [0.25, 0.3) is 0 Å². The van der Waals surface area contributed by atoms with Crippen LogP contribution in [0.2, 0.25) is 0 Å². The van der Waals surface area contributed by atoms with E-state index in [2.05, 4.69) is 17.2 Å². The number of hydrogen-bond acceptors (Lipinski definition) is 4. The highest BCUT2D eigenvalue weighted by Crippen LogP contribution is 2.39. The molecule has 0 unspecified atom stereocenters. The van der Waals surface area contributed by atoms with Crippen molar-refractivity contribution < 1.29 is 19.4 Å². The predicted molar refractivity (Wildman–Crippen MR) is 103 cm³/mol. The molecule has 1 amide bonds. The summed E-state index contributed by atoms with van der Waals surface area (Å²) < 4.78 is 11.6. The zero-order valence-electron chi connectivity index (χ0n) is 15.5. The van der Waals surface area contributed by atoms with Gasteiger partial charge in [0.05, 0.1) is 6.54 Å². The summed E-state index contributed by atoms with van der Waals surface area (Å²) in [5.74, 6) is 4.64. The normalized spacial score (nSPS) is 21.3. The maximum atomic E-state index is 12.4. The van der Waals surface area contributed by atoms with E-state index in [4.69, 9.17) is 22.3 Å². The Labute approximate surface area is 160 Å². The van der Waals surface area contributed by atoms with Gasteiger partial charge in [-0.05, 0) is 43.5 Å². The van der Waals surface area contributed by atoms with Crippen LogP contribution in [0.4, 0.5) is 0 Å². The Morgan fingerprint density at radius 2 is 2.07 bits per heavy atom. The lowest BCUT2D eigenvalue weighted by molar-refractivity contribution is -0.166. The fourth-order valence-corrected chi connectivity index (χ4v) is 3.16. The first-order valence-electron chi connectivity index (χ1n) is 9.03. The zero-order chi connectivity index (χ0) is 19.6. The van der Waals surface area contributed by atoms with E-state index in [9.17, 15) is 9.90 Å². The molecular weight excluding hydrogens is 342 g/mol. The van der Waals surface area contributed by atoms with Gasteiger partial charge in [-0.2, -0.15) is 0 Å². The molecule has 1 aliphatic rings. The van der Waals surface area contributed by atoms with Crippen LogP contribution < -0.4 is 5.32 Å².